The van der Waals surface area contributed by atoms with Gasteiger partial charge in [0, 0.05) is 20.9 Å². The first-order valence-electron chi connectivity index (χ1n) is 8.83. The topological polar surface area (TPSA) is 146 Å². The lowest BCUT2D eigenvalue weighted by Gasteiger charge is -2.09. The average Bonchev–Trinajstić information content (AvgIpc) is 2.73. The van der Waals surface area contributed by atoms with Crippen LogP contribution in [0.4, 0.5) is 36.4 Å². The molecule has 0 amide bonds. The fourth-order valence-electron chi connectivity index (χ4n) is 2.16. The van der Waals surface area contributed by atoms with Gasteiger partial charge >= 0.3 is 12.1 Å². The van der Waals surface area contributed by atoms with Gasteiger partial charge in [0.1, 0.15) is 6.33 Å². The third kappa shape index (κ3) is 8.40. The van der Waals surface area contributed by atoms with Gasteiger partial charge in [0.15, 0.2) is 0 Å². The van der Waals surface area contributed by atoms with Gasteiger partial charge in [0.2, 0.25) is 21.9 Å². The van der Waals surface area contributed by atoms with Gasteiger partial charge in [0.25, 0.3) is 0 Å². The number of sulfonamides is 1. The Bertz CT molecular complexity index is 1260. The van der Waals surface area contributed by atoms with E-state index < -0.39 is 22.2 Å². The first kappa shape index (κ1) is 27.2. The molecule has 0 radical (unpaired) electrons. The fourth-order valence-corrected chi connectivity index (χ4v) is 3.80. The number of alkyl halides is 3. The molecule has 0 unspecified atom stereocenters. The van der Waals surface area contributed by atoms with Crippen molar-refractivity contribution < 1.29 is 31.5 Å². The summed E-state index contributed by atoms with van der Waals surface area (Å²) < 4.78 is 58.6. The number of nitrogens with zero attached hydrogens (tertiary/aromatic N) is 3. The minimum atomic E-state index is -5.08. The van der Waals surface area contributed by atoms with E-state index in [9.17, 15) is 21.6 Å². The zero-order chi connectivity index (χ0) is 25.5. The van der Waals surface area contributed by atoms with Crippen LogP contribution < -0.4 is 15.4 Å². The van der Waals surface area contributed by atoms with Gasteiger partial charge in [0.05, 0.1) is 4.90 Å². The SMILES string of the molecule is CNS(=O)(=O)c1cccc(Nc2ncnc(Nc3cc(Cl)cc(Br)c3)n2)c1.O=C(O)C(F)(F)F. The number of anilines is 4. The van der Waals surface area contributed by atoms with E-state index in [4.69, 9.17) is 21.5 Å². The molecule has 1 heterocycles. The molecule has 0 aliphatic carbocycles. The van der Waals surface area contributed by atoms with E-state index in [1.54, 1.807) is 24.3 Å². The van der Waals surface area contributed by atoms with Crippen LogP contribution in [0.3, 0.4) is 0 Å². The van der Waals surface area contributed by atoms with Crippen LogP contribution in [0.15, 0.2) is 58.2 Å². The Kier molecular flexibility index (Phi) is 9.14. The highest BCUT2D eigenvalue weighted by atomic mass is 79.9. The standard InChI is InChI=1S/C16H14BrClN6O2S.C2HF3O2/c1-19-27(25,26)14-4-2-3-12(8-14)22-15-20-9-21-16(24-15)23-13-6-10(17)5-11(18)7-13;3-2(4,5)1(6)7/h2-9,19H,1H3,(H2,20,21,22,23,24);(H,6,7). The van der Waals surface area contributed by atoms with Gasteiger partial charge < -0.3 is 15.7 Å². The van der Waals surface area contributed by atoms with E-state index >= 15 is 0 Å². The van der Waals surface area contributed by atoms with Crippen molar-refractivity contribution in [2.45, 2.75) is 11.1 Å². The maximum atomic E-state index is 11.9. The smallest absolute Gasteiger partial charge is 0.475 e. The Morgan fingerprint density at radius 3 is 2.18 bits per heavy atom. The second-order valence-electron chi connectivity index (χ2n) is 6.08. The maximum Gasteiger partial charge on any atom is 0.490 e. The molecule has 10 nitrogen and oxygen atoms in total. The van der Waals surface area contributed by atoms with Crippen molar-refractivity contribution in [3.63, 3.8) is 0 Å². The summed E-state index contributed by atoms with van der Waals surface area (Å²) in [4.78, 5) is 21.4. The van der Waals surface area contributed by atoms with Crippen LogP contribution in [-0.4, -0.2) is 47.7 Å². The Hall–Kier alpha value is -3.01. The minimum absolute atomic E-state index is 0.131. The first-order valence-corrected chi connectivity index (χ1v) is 11.5. The van der Waals surface area contributed by atoms with Crippen molar-refractivity contribution in [2.75, 3.05) is 17.7 Å². The quantitative estimate of drug-likeness (QED) is 0.333. The summed E-state index contributed by atoms with van der Waals surface area (Å²) in [6.07, 6.45) is -3.74. The third-order valence-corrected chi connectivity index (χ3v) is 5.69. The molecular formula is C18H15BrClF3N6O4S. The second-order valence-corrected chi connectivity index (χ2v) is 9.32. The number of rotatable bonds is 6. The number of nitrogens with one attached hydrogen (secondary N) is 3. The van der Waals surface area contributed by atoms with E-state index in [-0.39, 0.29) is 10.8 Å². The molecule has 0 atom stereocenters. The summed E-state index contributed by atoms with van der Waals surface area (Å²) in [5.41, 5.74) is 1.22. The normalized spacial score (nSPS) is 11.2. The number of aromatic nitrogens is 3. The molecule has 0 aliphatic heterocycles. The van der Waals surface area contributed by atoms with Crippen molar-refractivity contribution in [3.8, 4) is 0 Å². The highest BCUT2D eigenvalue weighted by Gasteiger charge is 2.38. The van der Waals surface area contributed by atoms with Gasteiger partial charge in [-0.1, -0.05) is 33.6 Å². The zero-order valence-corrected chi connectivity index (χ0v) is 20.1. The summed E-state index contributed by atoms with van der Waals surface area (Å²) in [5.74, 6) is -2.19. The lowest BCUT2D eigenvalue weighted by atomic mass is 10.3. The molecule has 2 aromatic carbocycles. The molecule has 4 N–H and O–H groups in total. The molecule has 0 saturated heterocycles. The molecule has 182 valence electrons. The van der Waals surface area contributed by atoms with E-state index in [1.807, 2.05) is 6.07 Å². The fraction of sp³-hybridized carbons (Fsp3) is 0.111. The molecule has 0 bridgehead atoms. The summed E-state index contributed by atoms with van der Waals surface area (Å²) in [5, 5.41) is 13.7. The summed E-state index contributed by atoms with van der Waals surface area (Å²) >= 11 is 9.40. The first-order chi connectivity index (χ1) is 15.8. The molecule has 34 heavy (non-hydrogen) atoms. The molecule has 16 heteroatoms. The predicted molar refractivity (Wildman–Crippen MR) is 122 cm³/mol. The zero-order valence-electron chi connectivity index (χ0n) is 16.9. The number of carboxylic acid groups (broad SMARTS) is 1. The average molecular weight is 584 g/mol. The molecule has 0 aliphatic rings. The van der Waals surface area contributed by atoms with Crippen molar-refractivity contribution >= 4 is 66.8 Å². The van der Waals surface area contributed by atoms with Crippen molar-refractivity contribution in [2.24, 2.45) is 0 Å². The van der Waals surface area contributed by atoms with Crippen LogP contribution in [0.1, 0.15) is 0 Å². The van der Waals surface area contributed by atoms with Gasteiger partial charge in [-0.05, 0) is 43.4 Å². The Morgan fingerprint density at radius 1 is 1.06 bits per heavy atom. The third-order valence-electron chi connectivity index (χ3n) is 3.60. The van der Waals surface area contributed by atoms with Crippen molar-refractivity contribution in [1.29, 1.82) is 0 Å². The summed E-state index contributed by atoms with van der Waals surface area (Å²) in [6.45, 7) is 0. The monoisotopic (exact) mass is 582 g/mol. The van der Waals surface area contributed by atoms with Gasteiger partial charge in [-0.2, -0.15) is 18.2 Å². The number of carbonyl (C=O) groups is 1. The van der Waals surface area contributed by atoms with Crippen LogP contribution in [0, 0.1) is 0 Å². The van der Waals surface area contributed by atoms with E-state index in [0.29, 0.717) is 22.3 Å². The molecule has 1 aromatic heterocycles. The van der Waals surface area contributed by atoms with Crippen LogP contribution in [0.5, 0.6) is 0 Å². The Morgan fingerprint density at radius 2 is 1.65 bits per heavy atom. The molecule has 3 aromatic rings. The molecule has 0 spiro atoms. The maximum absolute atomic E-state index is 11.9. The number of carboxylic acids is 1. The minimum Gasteiger partial charge on any atom is -0.475 e. The van der Waals surface area contributed by atoms with E-state index in [0.717, 1.165) is 4.47 Å². The molecule has 3 rings (SSSR count). The number of aliphatic carboxylic acids is 1. The van der Waals surface area contributed by atoms with Crippen LogP contribution in [0.2, 0.25) is 5.02 Å². The van der Waals surface area contributed by atoms with E-state index in [1.165, 1.54) is 25.5 Å². The predicted octanol–water partition coefficient (Wildman–Crippen LogP) is 4.32. The lowest BCUT2D eigenvalue weighted by Crippen LogP contribution is -2.21. The van der Waals surface area contributed by atoms with Crippen LogP contribution in [-0.2, 0) is 14.8 Å². The summed E-state index contributed by atoms with van der Waals surface area (Å²) in [7, 11) is -2.19. The summed E-state index contributed by atoms with van der Waals surface area (Å²) in [6, 6.07) is 11.6. The largest absolute Gasteiger partial charge is 0.490 e. The number of hydrogen-bond donors (Lipinski definition) is 4. The number of benzene rings is 2. The molecular weight excluding hydrogens is 569 g/mol. The molecule has 0 saturated carbocycles. The second kappa shape index (κ2) is 11.4. The van der Waals surface area contributed by atoms with Crippen LogP contribution in [0.25, 0.3) is 0 Å². The van der Waals surface area contributed by atoms with Gasteiger partial charge in [-0.25, -0.2) is 27.9 Å². The number of halogens is 5. The highest BCUT2D eigenvalue weighted by molar-refractivity contribution is 9.10. The number of hydrogen-bond acceptors (Lipinski definition) is 8. The Balaban J connectivity index is 0.000000509. The van der Waals surface area contributed by atoms with Crippen LogP contribution >= 0.6 is 27.5 Å². The van der Waals surface area contributed by atoms with Gasteiger partial charge in [-0.15, -0.1) is 0 Å². The van der Waals surface area contributed by atoms with Gasteiger partial charge in [-0.3, -0.25) is 0 Å². The highest BCUT2D eigenvalue weighted by Crippen LogP contribution is 2.25. The van der Waals surface area contributed by atoms with Crippen molar-refractivity contribution in [3.05, 3.63) is 58.3 Å². The lowest BCUT2D eigenvalue weighted by molar-refractivity contribution is -0.192. The Labute approximate surface area is 204 Å². The van der Waals surface area contributed by atoms with E-state index in [2.05, 4.69) is 46.2 Å². The molecule has 0 fully saturated rings. The van der Waals surface area contributed by atoms with Crippen molar-refractivity contribution in [1.82, 2.24) is 19.7 Å².